The van der Waals surface area contributed by atoms with Crippen LogP contribution in [0.15, 0.2) is 42.5 Å². The maximum atomic E-state index is 12.3. The van der Waals surface area contributed by atoms with E-state index in [9.17, 15) is 4.79 Å². The number of hydrogen-bond acceptors (Lipinski definition) is 4. The van der Waals surface area contributed by atoms with Crippen LogP contribution in [0.4, 0.5) is 0 Å². The molecule has 2 aromatic rings. The third-order valence-electron chi connectivity index (χ3n) is 5.20. The fraction of sp³-hybridized carbons (Fsp3) is 0.409. The molecule has 4 nitrogen and oxygen atoms in total. The first kappa shape index (κ1) is 18.3. The van der Waals surface area contributed by atoms with E-state index >= 15 is 0 Å². The summed E-state index contributed by atoms with van der Waals surface area (Å²) in [5.74, 6) is 1.96. The molecule has 1 aliphatic rings. The van der Waals surface area contributed by atoms with Crippen molar-refractivity contribution in [2.75, 3.05) is 20.8 Å². The quantitative estimate of drug-likeness (QED) is 0.718. The highest BCUT2D eigenvalue weighted by Crippen LogP contribution is 2.45. The van der Waals surface area contributed by atoms with Gasteiger partial charge in [0.25, 0.3) is 0 Å². The van der Waals surface area contributed by atoms with Gasteiger partial charge in [-0.1, -0.05) is 18.2 Å². The molecule has 3 rings (SSSR count). The molecule has 0 N–H and O–H groups in total. The summed E-state index contributed by atoms with van der Waals surface area (Å²) in [5.41, 5.74) is 3.73. The van der Waals surface area contributed by atoms with Crippen molar-refractivity contribution in [2.45, 2.75) is 38.0 Å². The molecule has 0 radical (unpaired) electrons. The number of carbonyl (C=O) groups excluding carboxylic acids is 1. The Hall–Kier alpha value is -2.49. The van der Waals surface area contributed by atoms with E-state index in [0.717, 1.165) is 24.3 Å². The summed E-state index contributed by atoms with van der Waals surface area (Å²) in [4.78, 5) is 12.3. The zero-order chi connectivity index (χ0) is 18.5. The smallest absolute Gasteiger partial charge is 0.306 e. The fourth-order valence-corrected chi connectivity index (χ4v) is 3.92. The second-order valence-corrected chi connectivity index (χ2v) is 6.60. The molecule has 0 saturated carbocycles. The topological polar surface area (TPSA) is 44.8 Å². The summed E-state index contributed by atoms with van der Waals surface area (Å²) in [7, 11) is 3.35. The van der Waals surface area contributed by atoms with Crippen LogP contribution in [0.5, 0.6) is 11.5 Å². The van der Waals surface area contributed by atoms with Gasteiger partial charge in [0.05, 0.1) is 27.2 Å². The molecule has 0 aliphatic heterocycles. The summed E-state index contributed by atoms with van der Waals surface area (Å²) in [6.07, 6.45) is 2.36. The van der Waals surface area contributed by atoms with Gasteiger partial charge in [-0.25, -0.2) is 0 Å². The van der Waals surface area contributed by atoms with E-state index < -0.39 is 0 Å². The highest BCUT2D eigenvalue weighted by Gasteiger charge is 2.33. The average Bonchev–Trinajstić information content (AvgIpc) is 2.68. The maximum Gasteiger partial charge on any atom is 0.306 e. The minimum absolute atomic E-state index is 0.108. The van der Waals surface area contributed by atoms with Gasteiger partial charge in [0.15, 0.2) is 0 Å². The van der Waals surface area contributed by atoms with Crippen LogP contribution in [-0.2, 0) is 16.0 Å². The molecule has 4 heteroatoms. The molecule has 0 aromatic heterocycles. The molecule has 0 spiro atoms. The van der Waals surface area contributed by atoms with E-state index in [4.69, 9.17) is 14.2 Å². The number of rotatable bonds is 6. The lowest BCUT2D eigenvalue weighted by molar-refractivity contribution is -0.143. The lowest BCUT2D eigenvalue weighted by atomic mass is 9.70. The summed E-state index contributed by atoms with van der Waals surface area (Å²) in [6.45, 7) is 2.26. The highest BCUT2D eigenvalue weighted by molar-refractivity contribution is 5.71. The number of fused-ring (bicyclic) bond motifs is 1. The van der Waals surface area contributed by atoms with E-state index in [-0.39, 0.29) is 17.8 Å². The lowest BCUT2D eigenvalue weighted by Gasteiger charge is -2.34. The van der Waals surface area contributed by atoms with Gasteiger partial charge in [0.1, 0.15) is 11.5 Å². The molecule has 2 atom stereocenters. The number of hydrogen-bond donors (Lipinski definition) is 0. The predicted octanol–water partition coefficient (Wildman–Crippen LogP) is 4.47. The van der Waals surface area contributed by atoms with Crippen LogP contribution in [0.3, 0.4) is 0 Å². The van der Waals surface area contributed by atoms with Crippen LogP contribution in [-0.4, -0.2) is 26.8 Å². The molecule has 1 aliphatic carbocycles. The van der Waals surface area contributed by atoms with Crippen molar-refractivity contribution in [3.8, 4) is 11.5 Å². The van der Waals surface area contributed by atoms with E-state index in [1.165, 1.54) is 16.7 Å². The number of esters is 1. The summed E-state index contributed by atoms with van der Waals surface area (Å²) in [5, 5.41) is 0. The van der Waals surface area contributed by atoms with Crippen molar-refractivity contribution in [3.05, 3.63) is 59.2 Å². The van der Waals surface area contributed by atoms with Crippen LogP contribution < -0.4 is 9.47 Å². The number of aryl methyl sites for hydroxylation is 1. The molecule has 2 unspecified atom stereocenters. The van der Waals surface area contributed by atoms with Gasteiger partial charge in [-0.2, -0.15) is 0 Å². The van der Waals surface area contributed by atoms with Gasteiger partial charge in [-0.3, -0.25) is 4.79 Å². The van der Waals surface area contributed by atoms with Gasteiger partial charge < -0.3 is 14.2 Å². The van der Waals surface area contributed by atoms with Crippen LogP contribution in [0.25, 0.3) is 0 Å². The SMILES string of the molecule is CCOC(=O)CC1c2ccc(OC)cc2CCC1c1ccc(OC)cc1. The molecule has 0 fully saturated rings. The Bertz CT molecular complexity index is 751. The summed E-state index contributed by atoms with van der Waals surface area (Å²) >= 11 is 0. The maximum absolute atomic E-state index is 12.3. The Morgan fingerprint density at radius 3 is 2.38 bits per heavy atom. The first-order valence-corrected chi connectivity index (χ1v) is 9.12. The Balaban J connectivity index is 1.95. The van der Waals surface area contributed by atoms with E-state index in [1.54, 1.807) is 14.2 Å². The van der Waals surface area contributed by atoms with E-state index in [1.807, 2.05) is 25.1 Å². The van der Waals surface area contributed by atoms with Crippen molar-refractivity contribution in [2.24, 2.45) is 0 Å². The molecule has 0 heterocycles. The van der Waals surface area contributed by atoms with Crippen LogP contribution in [0.1, 0.15) is 48.3 Å². The van der Waals surface area contributed by atoms with E-state index in [0.29, 0.717) is 13.0 Å². The molecule has 0 saturated heterocycles. The normalized spacial score (nSPS) is 18.7. The van der Waals surface area contributed by atoms with Crippen molar-refractivity contribution in [3.63, 3.8) is 0 Å². The Labute approximate surface area is 155 Å². The highest BCUT2D eigenvalue weighted by atomic mass is 16.5. The fourth-order valence-electron chi connectivity index (χ4n) is 3.92. The molecule has 0 bridgehead atoms. The van der Waals surface area contributed by atoms with Gasteiger partial charge in [0, 0.05) is 5.92 Å². The van der Waals surface area contributed by atoms with Gasteiger partial charge >= 0.3 is 5.97 Å². The van der Waals surface area contributed by atoms with Gasteiger partial charge in [-0.05, 0) is 66.6 Å². The lowest BCUT2D eigenvalue weighted by Crippen LogP contribution is -2.23. The molecule has 0 amide bonds. The molecule has 26 heavy (non-hydrogen) atoms. The van der Waals surface area contributed by atoms with Crippen LogP contribution >= 0.6 is 0 Å². The average molecular weight is 354 g/mol. The Morgan fingerprint density at radius 1 is 1.04 bits per heavy atom. The van der Waals surface area contributed by atoms with E-state index in [2.05, 4.69) is 24.3 Å². The van der Waals surface area contributed by atoms with Crippen LogP contribution in [0, 0.1) is 0 Å². The summed E-state index contributed by atoms with van der Waals surface area (Å²) in [6, 6.07) is 14.4. The molecule has 138 valence electrons. The third-order valence-corrected chi connectivity index (χ3v) is 5.20. The predicted molar refractivity (Wildman–Crippen MR) is 101 cm³/mol. The molecule has 2 aromatic carbocycles. The van der Waals surface area contributed by atoms with Gasteiger partial charge in [0.2, 0.25) is 0 Å². The summed E-state index contributed by atoms with van der Waals surface area (Å²) < 4.78 is 15.9. The standard InChI is InChI=1S/C22H26O4/c1-4-26-22(23)14-21-19(15-5-8-17(24-2)9-6-15)11-7-16-13-18(25-3)10-12-20(16)21/h5-6,8-10,12-13,19,21H,4,7,11,14H2,1-3H3. The number of ether oxygens (including phenoxy) is 3. The second kappa shape index (κ2) is 8.26. The van der Waals surface area contributed by atoms with Crippen molar-refractivity contribution >= 4 is 5.97 Å². The molecular weight excluding hydrogens is 328 g/mol. The zero-order valence-corrected chi connectivity index (χ0v) is 15.7. The number of carbonyl (C=O) groups is 1. The zero-order valence-electron chi connectivity index (χ0n) is 15.7. The first-order valence-electron chi connectivity index (χ1n) is 9.12. The molecular formula is C22H26O4. The van der Waals surface area contributed by atoms with Crippen molar-refractivity contribution in [1.29, 1.82) is 0 Å². The largest absolute Gasteiger partial charge is 0.497 e. The van der Waals surface area contributed by atoms with Crippen molar-refractivity contribution < 1.29 is 19.0 Å². The van der Waals surface area contributed by atoms with Gasteiger partial charge in [-0.15, -0.1) is 0 Å². The number of benzene rings is 2. The van der Waals surface area contributed by atoms with Crippen LogP contribution in [0.2, 0.25) is 0 Å². The van der Waals surface area contributed by atoms with Crippen molar-refractivity contribution in [1.82, 2.24) is 0 Å². The Kier molecular flexibility index (Phi) is 5.82. The number of methoxy groups -OCH3 is 2. The Morgan fingerprint density at radius 2 is 1.73 bits per heavy atom. The minimum Gasteiger partial charge on any atom is -0.497 e. The minimum atomic E-state index is -0.139. The second-order valence-electron chi connectivity index (χ2n) is 6.60. The first-order chi connectivity index (χ1) is 12.7. The third kappa shape index (κ3) is 3.85. The monoisotopic (exact) mass is 354 g/mol.